The summed E-state index contributed by atoms with van der Waals surface area (Å²) in [5.41, 5.74) is -0.975. The van der Waals surface area contributed by atoms with Gasteiger partial charge in [-0.2, -0.15) is 24.9 Å². The SMILES string of the molecule is CCNc1c(C(=O)NCC(C)SC)cccc1C(F)(F)F. The molecule has 1 aromatic carbocycles. The second-order valence-corrected chi connectivity index (χ2v) is 5.79. The first-order valence-corrected chi connectivity index (χ1v) is 7.85. The average molecular weight is 320 g/mol. The summed E-state index contributed by atoms with van der Waals surface area (Å²) < 4.78 is 39.0. The van der Waals surface area contributed by atoms with Crippen LogP contribution < -0.4 is 10.6 Å². The number of alkyl halides is 3. The smallest absolute Gasteiger partial charge is 0.384 e. The largest absolute Gasteiger partial charge is 0.418 e. The maximum Gasteiger partial charge on any atom is 0.418 e. The topological polar surface area (TPSA) is 41.1 Å². The lowest BCUT2D eigenvalue weighted by Gasteiger charge is -2.18. The Morgan fingerprint density at radius 1 is 1.38 bits per heavy atom. The minimum Gasteiger partial charge on any atom is -0.384 e. The molecule has 3 nitrogen and oxygen atoms in total. The van der Waals surface area contributed by atoms with Crippen LogP contribution in [0.25, 0.3) is 0 Å². The molecule has 0 saturated carbocycles. The summed E-state index contributed by atoms with van der Waals surface area (Å²) in [4.78, 5) is 12.1. The zero-order valence-corrected chi connectivity index (χ0v) is 13.0. The van der Waals surface area contributed by atoms with Crippen molar-refractivity contribution < 1.29 is 18.0 Å². The summed E-state index contributed by atoms with van der Waals surface area (Å²) in [6, 6.07) is 3.61. The van der Waals surface area contributed by atoms with Gasteiger partial charge in [0.25, 0.3) is 5.91 Å². The monoisotopic (exact) mass is 320 g/mol. The molecule has 118 valence electrons. The van der Waals surface area contributed by atoms with E-state index in [1.54, 1.807) is 18.7 Å². The van der Waals surface area contributed by atoms with Crippen molar-refractivity contribution in [2.24, 2.45) is 0 Å². The number of halogens is 3. The molecule has 0 spiro atoms. The average Bonchev–Trinajstić information content (AvgIpc) is 2.43. The summed E-state index contributed by atoms with van der Waals surface area (Å²) in [5, 5.41) is 5.50. The van der Waals surface area contributed by atoms with Gasteiger partial charge < -0.3 is 10.6 Å². The van der Waals surface area contributed by atoms with Crippen LogP contribution in [-0.4, -0.2) is 30.5 Å². The van der Waals surface area contributed by atoms with Crippen molar-refractivity contribution in [2.75, 3.05) is 24.7 Å². The molecule has 0 aliphatic rings. The molecule has 1 atom stereocenters. The van der Waals surface area contributed by atoms with E-state index in [1.807, 2.05) is 13.2 Å². The Morgan fingerprint density at radius 2 is 2.05 bits per heavy atom. The first-order chi connectivity index (χ1) is 9.81. The summed E-state index contributed by atoms with van der Waals surface area (Å²) in [6.45, 7) is 4.32. The Balaban J connectivity index is 3.08. The number of nitrogens with one attached hydrogen (secondary N) is 2. The van der Waals surface area contributed by atoms with Crippen molar-refractivity contribution in [1.82, 2.24) is 5.32 Å². The van der Waals surface area contributed by atoms with Crippen molar-refractivity contribution in [3.05, 3.63) is 29.3 Å². The third-order valence-corrected chi connectivity index (χ3v) is 3.89. The van der Waals surface area contributed by atoms with Crippen LogP contribution >= 0.6 is 11.8 Å². The van der Waals surface area contributed by atoms with Crippen LogP contribution in [0.3, 0.4) is 0 Å². The van der Waals surface area contributed by atoms with Crippen LogP contribution in [0.15, 0.2) is 18.2 Å². The van der Waals surface area contributed by atoms with Gasteiger partial charge in [-0.05, 0) is 25.3 Å². The molecule has 2 N–H and O–H groups in total. The molecular formula is C14H19F3N2OS. The number of carbonyl (C=O) groups is 1. The summed E-state index contributed by atoms with van der Waals surface area (Å²) in [7, 11) is 0. The molecule has 0 fully saturated rings. The number of benzene rings is 1. The highest BCUT2D eigenvalue weighted by Gasteiger charge is 2.35. The predicted molar refractivity (Wildman–Crippen MR) is 80.9 cm³/mol. The van der Waals surface area contributed by atoms with E-state index in [2.05, 4.69) is 10.6 Å². The van der Waals surface area contributed by atoms with Gasteiger partial charge in [0.05, 0.1) is 16.8 Å². The molecule has 0 aliphatic heterocycles. The molecule has 21 heavy (non-hydrogen) atoms. The first kappa shape index (κ1) is 17.7. The second-order valence-electron chi connectivity index (χ2n) is 4.51. The van der Waals surface area contributed by atoms with E-state index in [-0.39, 0.29) is 16.5 Å². The number of thioether (sulfide) groups is 1. The Bertz CT molecular complexity index is 492. The normalized spacial score (nSPS) is 12.9. The van der Waals surface area contributed by atoms with Gasteiger partial charge in [0.1, 0.15) is 0 Å². The molecule has 7 heteroatoms. The van der Waals surface area contributed by atoms with E-state index in [1.165, 1.54) is 12.1 Å². The van der Waals surface area contributed by atoms with Gasteiger partial charge in [-0.25, -0.2) is 0 Å². The molecule has 0 aromatic heterocycles. The van der Waals surface area contributed by atoms with Crippen molar-refractivity contribution >= 4 is 23.4 Å². The molecule has 0 heterocycles. The summed E-state index contributed by atoms with van der Waals surface area (Å²) >= 11 is 1.57. The molecule has 0 radical (unpaired) electrons. The molecule has 1 amide bonds. The van der Waals surface area contributed by atoms with Gasteiger partial charge in [0.2, 0.25) is 0 Å². The van der Waals surface area contributed by atoms with Gasteiger partial charge in [0.15, 0.2) is 0 Å². The van der Waals surface area contributed by atoms with Crippen molar-refractivity contribution in [3.63, 3.8) is 0 Å². The molecule has 0 aliphatic carbocycles. The first-order valence-electron chi connectivity index (χ1n) is 6.56. The highest BCUT2D eigenvalue weighted by atomic mass is 32.2. The fraction of sp³-hybridized carbons (Fsp3) is 0.500. The molecular weight excluding hydrogens is 301 g/mol. The minimum absolute atomic E-state index is 0.0139. The maximum absolute atomic E-state index is 13.0. The standard InChI is InChI=1S/C14H19F3N2OS/c1-4-18-12-10(13(20)19-8-9(2)21-3)6-5-7-11(12)14(15,16)17/h5-7,9,18H,4,8H2,1-3H3,(H,19,20). The maximum atomic E-state index is 13.0. The van der Waals surface area contributed by atoms with Crippen LogP contribution in [0.4, 0.5) is 18.9 Å². The molecule has 0 saturated heterocycles. The lowest BCUT2D eigenvalue weighted by atomic mass is 10.1. The second kappa shape index (κ2) is 7.59. The number of rotatable bonds is 6. The lowest BCUT2D eigenvalue weighted by molar-refractivity contribution is -0.137. The van der Waals surface area contributed by atoms with E-state index in [0.29, 0.717) is 13.1 Å². The van der Waals surface area contributed by atoms with E-state index >= 15 is 0 Å². The van der Waals surface area contributed by atoms with Gasteiger partial charge in [-0.3, -0.25) is 4.79 Å². The third-order valence-electron chi connectivity index (χ3n) is 2.92. The van der Waals surface area contributed by atoms with Crippen LogP contribution in [-0.2, 0) is 6.18 Å². The zero-order valence-electron chi connectivity index (χ0n) is 12.2. The van der Waals surface area contributed by atoms with Crippen molar-refractivity contribution in [1.29, 1.82) is 0 Å². The molecule has 1 rings (SSSR count). The van der Waals surface area contributed by atoms with E-state index < -0.39 is 17.6 Å². The van der Waals surface area contributed by atoms with Crippen molar-refractivity contribution in [3.8, 4) is 0 Å². The van der Waals surface area contributed by atoms with Crippen molar-refractivity contribution in [2.45, 2.75) is 25.3 Å². The lowest BCUT2D eigenvalue weighted by Crippen LogP contribution is -2.30. The Kier molecular flexibility index (Phi) is 6.39. The highest BCUT2D eigenvalue weighted by Crippen LogP contribution is 2.36. The number of carbonyl (C=O) groups excluding carboxylic acids is 1. The number of hydrogen-bond donors (Lipinski definition) is 2. The summed E-state index contributed by atoms with van der Waals surface area (Å²) in [5.74, 6) is -0.502. The third kappa shape index (κ3) is 4.84. The fourth-order valence-corrected chi connectivity index (χ4v) is 2.01. The number of anilines is 1. The zero-order chi connectivity index (χ0) is 16.0. The summed E-state index contributed by atoms with van der Waals surface area (Å²) in [6.07, 6.45) is -2.59. The van der Waals surface area contributed by atoms with Gasteiger partial charge in [-0.15, -0.1) is 0 Å². The molecule has 1 unspecified atom stereocenters. The van der Waals surface area contributed by atoms with Gasteiger partial charge >= 0.3 is 6.18 Å². The number of amides is 1. The van der Waals surface area contributed by atoms with Crippen LogP contribution in [0.5, 0.6) is 0 Å². The van der Waals surface area contributed by atoms with Crippen LogP contribution in [0, 0.1) is 0 Å². The van der Waals surface area contributed by atoms with Crippen LogP contribution in [0.1, 0.15) is 29.8 Å². The Hall–Kier alpha value is -1.37. The molecule has 0 bridgehead atoms. The number of hydrogen-bond acceptors (Lipinski definition) is 3. The van der Waals surface area contributed by atoms with E-state index in [4.69, 9.17) is 0 Å². The minimum atomic E-state index is -4.50. The highest BCUT2D eigenvalue weighted by molar-refractivity contribution is 7.99. The van der Waals surface area contributed by atoms with Crippen LogP contribution in [0.2, 0.25) is 0 Å². The van der Waals surface area contributed by atoms with Gasteiger partial charge in [-0.1, -0.05) is 13.0 Å². The number of para-hydroxylation sites is 1. The van der Waals surface area contributed by atoms with E-state index in [9.17, 15) is 18.0 Å². The quantitative estimate of drug-likeness (QED) is 0.841. The Morgan fingerprint density at radius 3 is 2.57 bits per heavy atom. The molecule has 1 aromatic rings. The Labute approximate surface area is 126 Å². The fourth-order valence-electron chi connectivity index (χ4n) is 1.76. The van der Waals surface area contributed by atoms with Gasteiger partial charge in [0, 0.05) is 18.3 Å². The van der Waals surface area contributed by atoms with E-state index in [0.717, 1.165) is 6.07 Å². The predicted octanol–water partition coefficient (Wildman–Crippen LogP) is 3.62.